The van der Waals surface area contributed by atoms with Crippen LogP contribution in [-0.2, 0) is 5.41 Å². The van der Waals surface area contributed by atoms with E-state index < -0.39 is 0 Å². The summed E-state index contributed by atoms with van der Waals surface area (Å²) < 4.78 is 5.07. The highest BCUT2D eigenvalue weighted by molar-refractivity contribution is 7.13. The third-order valence-electron chi connectivity index (χ3n) is 1.82. The Bertz CT molecular complexity index is 413. The van der Waals surface area contributed by atoms with Crippen LogP contribution in [0.4, 0.5) is 0 Å². The highest BCUT2D eigenvalue weighted by atomic mass is 32.1. The van der Waals surface area contributed by atoms with Gasteiger partial charge in [0.15, 0.2) is 5.01 Å². The largest absolute Gasteiger partial charge is 0.422 e. The van der Waals surface area contributed by atoms with Crippen molar-refractivity contribution in [3.63, 3.8) is 0 Å². The minimum Gasteiger partial charge on any atom is -0.422 e. The molecule has 2 aromatic rings. The van der Waals surface area contributed by atoms with E-state index >= 15 is 0 Å². The lowest BCUT2D eigenvalue weighted by atomic mass is 9.93. The van der Waals surface area contributed by atoms with Crippen molar-refractivity contribution in [2.45, 2.75) is 26.2 Å². The highest BCUT2D eigenvalue weighted by Gasteiger charge is 2.19. The predicted octanol–water partition coefficient (Wildman–Crippen LogP) is 2.49. The first-order chi connectivity index (χ1) is 6.57. The number of nitrogens with zero attached hydrogens (tertiary/aromatic N) is 3. The minimum atomic E-state index is 0.0643. The van der Waals surface area contributed by atoms with Crippen molar-refractivity contribution in [3.8, 4) is 10.9 Å². The molecule has 0 aliphatic carbocycles. The Morgan fingerprint density at radius 2 is 2.14 bits per heavy atom. The third kappa shape index (κ3) is 1.68. The van der Waals surface area contributed by atoms with E-state index in [0.29, 0.717) is 5.89 Å². The van der Waals surface area contributed by atoms with Crippen LogP contribution in [0.3, 0.4) is 0 Å². The van der Waals surface area contributed by atoms with Gasteiger partial charge in [0.2, 0.25) is 6.39 Å². The monoisotopic (exact) mass is 209 g/mol. The Morgan fingerprint density at radius 1 is 1.36 bits per heavy atom. The van der Waals surface area contributed by atoms with Crippen LogP contribution in [-0.4, -0.2) is 15.2 Å². The molecule has 0 saturated carbocycles. The average Bonchev–Trinajstić information content (AvgIpc) is 2.73. The van der Waals surface area contributed by atoms with E-state index in [4.69, 9.17) is 4.42 Å². The number of aromatic nitrogens is 3. The summed E-state index contributed by atoms with van der Waals surface area (Å²) in [4.78, 5) is 4.45. The fourth-order valence-electron chi connectivity index (χ4n) is 0.983. The predicted molar refractivity (Wildman–Crippen MR) is 54.1 cm³/mol. The van der Waals surface area contributed by atoms with Crippen LogP contribution in [0.15, 0.2) is 16.2 Å². The molecular formula is C9H11N3OS. The van der Waals surface area contributed by atoms with Crippen LogP contribution < -0.4 is 0 Å². The highest BCUT2D eigenvalue weighted by Crippen LogP contribution is 2.28. The molecule has 14 heavy (non-hydrogen) atoms. The molecule has 0 aromatic carbocycles. The molecule has 0 aliphatic rings. The van der Waals surface area contributed by atoms with E-state index in [2.05, 4.69) is 36.0 Å². The van der Waals surface area contributed by atoms with Crippen LogP contribution >= 0.6 is 11.3 Å². The van der Waals surface area contributed by atoms with E-state index in [1.165, 1.54) is 17.7 Å². The van der Waals surface area contributed by atoms with Gasteiger partial charge in [-0.3, -0.25) is 0 Å². The van der Waals surface area contributed by atoms with Crippen LogP contribution in [0.2, 0.25) is 0 Å². The number of rotatable bonds is 1. The van der Waals surface area contributed by atoms with Crippen molar-refractivity contribution < 1.29 is 4.42 Å². The molecule has 0 radical (unpaired) electrons. The number of hydrogen-bond donors (Lipinski definition) is 0. The lowest BCUT2D eigenvalue weighted by molar-refractivity contribution is 0.560. The van der Waals surface area contributed by atoms with Gasteiger partial charge in [0.1, 0.15) is 0 Å². The van der Waals surface area contributed by atoms with Gasteiger partial charge in [-0.25, -0.2) is 4.98 Å². The summed E-state index contributed by atoms with van der Waals surface area (Å²) in [6.45, 7) is 6.37. The van der Waals surface area contributed by atoms with E-state index in [1.54, 1.807) is 0 Å². The van der Waals surface area contributed by atoms with Crippen molar-refractivity contribution in [1.82, 2.24) is 15.2 Å². The van der Waals surface area contributed by atoms with Gasteiger partial charge >= 0.3 is 0 Å². The average molecular weight is 209 g/mol. The molecular weight excluding hydrogens is 198 g/mol. The Morgan fingerprint density at radius 3 is 2.64 bits per heavy atom. The van der Waals surface area contributed by atoms with Crippen LogP contribution in [0, 0.1) is 0 Å². The number of thiazole rings is 1. The molecule has 0 saturated heterocycles. The fraction of sp³-hybridized carbons (Fsp3) is 0.444. The standard InChI is InChI=1S/C9H11N3OS/c1-9(2,3)6-4-14-8(11-6)7-12-10-5-13-7/h4-5H,1-3H3. The molecule has 0 spiro atoms. The zero-order valence-corrected chi connectivity index (χ0v) is 9.13. The molecule has 4 nitrogen and oxygen atoms in total. The molecule has 0 aliphatic heterocycles. The summed E-state index contributed by atoms with van der Waals surface area (Å²) >= 11 is 1.53. The van der Waals surface area contributed by atoms with Gasteiger partial charge < -0.3 is 4.42 Å². The van der Waals surface area contributed by atoms with Crippen LogP contribution in [0.1, 0.15) is 26.5 Å². The maximum Gasteiger partial charge on any atom is 0.276 e. The minimum absolute atomic E-state index is 0.0643. The normalized spacial score (nSPS) is 11.9. The van der Waals surface area contributed by atoms with E-state index in [0.717, 1.165) is 10.7 Å². The summed E-state index contributed by atoms with van der Waals surface area (Å²) in [5.41, 5.74) is 1.12. The van der Waals surface area contributed by atoms with Crippen LogP contribution in [0.25, 0.3) is 10.9 Å². The summed E-state index contributed by atoms with van der Waals surface area (Å²) in [5.74, 6) is 0.491. The first kappa shape index (κ1) is 9.33. The van der Waals surface area contributed by atoms with Gasteiger partial charge in [0.25, 0.3) is 5.89 Å². The Kier molecular flexibility index (Phi) is 2.11. The van der Waals surface area contributed by atoms with Gasteiger partial charge in [-0.05, 0) is 0 Å². The molecule has 2 rings (SSSR count). The first-order valence-corrected chi connectivity index (χ1v) is 5.18. The molecule has 2 aromatic heterocycles. The lowest BCUT2D eigenvalue weighted by Crippen LogP contribution is -2.11. The molecule has 0 fully saturated rings. The third-order valence-corrected chi connectivity index (χ3v) is 2.65. The van der Waals surface area contributed by atoms with E-state index in [9.17, 15) is 0 Å². The lowest BCUT2D eigenvalue weighted by Gasteiger charge is -2.13. The van der Waals surface area contributed by atoms with Gasteiger partial charge in [0, 0.05) is 10.8 Å². The molecule has 5 heteroatoms. The van der Waals surface area contributed by atoms with E-state index in [-0.39, 0.29) is 5.41 Å². The molecule has 0 atom stereocenters. The van der Waals surface area contributed by atoms with E-state index in [1.807, 2.05) is 5.38 Å². The Balaban J connectivity index is 2.36. The molecule has 0 unspecified atom stereocenters. The zero-order valence-electron chi connectivity index (χ0n) is 8.31. The Labute approximate surface area is 86.0 Å². The molecule has 2 heterocycles. The van der Waals surface area contributed by atoms with Gasteiger partial charge in [-0.1, -0.05) is 20.8 Å². The fourth-order valence-corrected chi connectivity index (χ4v) is 1.95. The smallest absolute Gasteiger partial charge is 0.276 e. The Hall–Kier alpha value is -1.23. The second-order valence-electron chi connectivity index (χ2n) is 4.03. The number of hydrogen-bond acceptors (Lipinski definition) is 5. The first-order valence-electron chi connectivity index (χ1n) is 4.30. The van der Waals surface area contributed by atoms with Crippen molar-refractivity contribution in [1.29, 1.82) is 0 Å². The van der Waals surface area contributed by atoms with Gasteiger partial charge in [0.05, 0.1) is 5.69 Å². The second-order valence-corrected chi connectivity index (χ2v) is 4.89. The molecule has 0 amide bonds. The maximum absolute atomic E-state index is 5.07. The summed E-state index contributed by atoms with van der Waals surface area (Å²) in [6, 6.07) is 0. The van der Waals surface area contributed by atoms with Gasteiger partial charge in [-0.2, -0.15) is 0 Å². The maximum atomic E-state index is 5.07. The summed E-state index contributed by atoms with van der Waals surface area (Å²) in [6.07, 6.45) is 1.31. The van der Waals surface area contributed by atoms with Crippen molar-refractivity contribution in [2.24, 2.45) is 0 Å². The summed E-state index contributed by atoms with van der Waals surface area (Å²) in [7, 11) is 0. The van der Waals surface area contributed by atoms with Crippen molar-refractivity contribution in [3.05, 3.63) is 17.5 Å². The summed E-state index contributed by atoms with van der Waals surface area (Å²) in [5, 5.41) is 10.2. The van der Waals surface area contributed by atoms with Crippen molar-refractivity contribution >= 4 is 11.3 Å². The molecule has 0 N–H and O–H groups in total. The molecule has 74 valence electrons. The SMILES string of the molecule is CC(C)(C)c1csc(-c2nnco2)n1. The quantitative estimate of drug-likeness (QED) is 0.724. The van der Waals surface area contributed by atoms with Crippen LogP contribution in [0.5, 0.6) is 0 Å². The van der Waals surface area contributed by atoms with Gasteiger partial charge in [-0.15, -0.1) is 21.5 Å². The second kappa shape index (κ2) is 3.16. The zero-order chi connectivity index (χ0) is 10.2. The van der Waals surface area contributed by atoms with Crippen molar-refractivity contribution in [2.75, 3.05) is 0 Å². The topological polar surface area (TPSA) is 51.8 Å². The molecule has 0 bridgehead atoms.